The van der Waals surface area contributed by atoms with Crippen molar-refractivity contribution < 1.29 is 14.3 Å². The number of rotatable bonds is 6. The number of ether oxygens (including phenoxy) is 2. The van der Waals surface area contributed by atoms with Crippen LogP contribution in [0.5, 0.6) is 11.5 Å². The van der Waals surface area contributed by atoms with Gasteiger partial charge in [-0.15, -0.1) is 0 Å². The van der Waals surface area contributed by atoms with Crippen LogP contribution in [0.4, 0.5) is 0 Å². The molecule has 2 aromatic carbocycles. The van der Waals surface area contributed by atoms with Crippen LogP contribution in [0.25, 0.3) is 0 Å². The maximum absolute atomic E-state index is 11.5. The minimum absolute atomic E-state index is 0.000628. The average Bonchev–Trinajstić information content (AvgIpc) is 2.47. The van der Waals surface area contributed by atoms with Crippen LogP contribution in [0.1, 0.15) is 28.4 Å². The van der Waals surface area contributed by atoms with Crippen LogP contribution in [0.2, 0.25) is 0 Å². The summed E-state index contributed by atoms with van der Waals surface area (Å²) in [7, 11) is 0. The highest BCUT2D eigenvalue weighted by Crippen LogP contribution is 2.19. The molecule has 110 valence electrons. The number of para-hydroxylation sites is 1. The smallest absolute Gasteiger partial charge is 0.163 e. The predicted octanol–water partition coefficient (Wildman–Crippen LogP) is 3.96. The Morgan fingerprint density at radius 2 is 1.67 bits per heavy atom. The van der Waals surface area contributed by atoms with Gasteiger partial charge in [-0.25, -0.2) is 0 Å². The van der Waals surface area contributed by atoms with E-state index in [0.29, 0.717) is 24.5 Å². The molecular formula is C18H20O3. The van der Waals surface area contributed by atoms with Crippen molar-refractivity contribution in [2.45, 2.75) is 20.8 Å². The predicted molar refractivity (Wildman–Crippen MR) is 83.4 cm³/mol. The maximum atomic E-state index is 11.5. The lowest BCUT2D eigenvalue weighted by Gasteiger charge is -2.11. The summed E-state index contributed by atoms with van der Waals surface area (Å²) in [4.78, 5) is 11.5. The van der Waals surface area contributed by atoms with Crippen LogP contribution in [0.3, 0.4) is 0 Å². The number of carbonyl (C=O) groups excluding carboxylic acids is 1. The third-order valence-corrected chi connectivity index (χ3v) is 3.35. The summed E-state index contributed by atoms with van der Waals surface area (Å²) in [6.45, 7) is 6.50. The van der Waals surface area contributed by atoms with Gasteiger partial charge in [0.05, 0.1) is 5.56 Å². The first-order valence-electron chi connectivity index (χ1n) is 7.01. The van der Waals surface area contributed by atoms with Gasteiger partial charge in [0, 0.05) is 0 Å². The molecule has 0 bridgehead atoms. The second kappa shape index (κ2) is 6.93. The highest BCUT2D eigenvalue weighted by Gasteiger charge is 2.07. The van der Waals surface area contributed by atoms with Crippen molar-refractivity contribution in [1.29, 1.82) is 0 Å². The van der Waals surface area contributed by atoms with E-state index in [1.165, 1.54) is 18.1 Å². The van der Waals surface area contributed by atoms with Crippen LogP contribution in [-0.2, 0) is 0 Å². The molecule has 0 aliphatic heterocycles. The lowest BCUT2D eigenvalue weighted by molar-refractivity contribution is 0.101. The molecule has 2 aromatic rings. The first-order valence-corrected chi connectivity index (χ1v) is 7.01. The van der Waals surface area contributed by atoms with E-state index in [1.807, 2.05) is 30.3 Å². The molecule has 21 heavy (non-hydrogen) atoms. The first-order chi connectivity index (χ1) is 10.1. The zero-order chi connectivity index (χ0) is 15.2. The second-order valence-electron chi connectivity index (χ2n) is 5.00. The van der Waals surface area contributed by atoms with Crippen LogP contribution in [0, 0.1) is 13.8 Å². The number of Topliss-reactive ketones (excluding diaryl/α,β-unsaturated/α-hetero) is 1. The number of carbonyl (C=O) groups is 1. The molecular weight excluding hydrogens is 264 g/mol. The SMILES string of the molecule is CC(=O)c1ccccc1OCCOc1ccc(C)c(C)c1. The van der Waals surface area contributed by atoms with Gasteiger partial charge in [0.15, 0.2) is 5.78 Å². The lowest BCUT2D eigenvalue weighted by Crippen LogP contribution is -2.10. The van der Waals surface area contributed by atoms with Crippen molar-refractivity contribution >= 4 is 5.78 Å². The summed E-state index contributed by atoms with van der Waals surface area (Å²) in [5.41, 5.74) is 3.05. The maximum Gasteiger partial charge on any atom is 0.163 e. The molecule has 0 saturated heterocycles. The number of hydrogen-bond donors (Lipinski definition) is 0. The number of aryl methyl sites for hydroxylation is 2. The van der Waals surface area contributed by atoms with Crippen molar-refractivity contribution in [2.24, 2.45) is 0 Å². The van der Waals surface area contributed by atoms with Gasteiger partial charge in [0.2, 0.25) is 0 Å². The Morgan fingerprint density at radius 3 is 2.38 bits per heavy atom. The molecule has 0 atom stereocenters. The van der Waals surface area contributed by atoms with Gasteiger partial charge in [0.1, 0.15) is 24.7 Å². The Balaban J connectivity index is 1.87. The van der Waals surface area contributed by atoms with Gasteiger partial charge in [-0.3, -0.25) is 4.79 Å². The second-order valence-corrected chi connectivity index (χ2v) is 5.00. The number of benzene rings is 2. The molecule has 2 rings (SSSR count). The molecule has 3 nitrogen and oxygen atoms in total. The van der Waals surface area contributed by atoms with Crippen LogP contribution in [-0.4, -0.2) is 19.0 Å². The summed E-state index contributed by atoms with van der Waals surface area (Å²) >= 11 is 0. The highest BCUT2D eigenvalue weighted by atomic mass is 16.5. The van der Waals surface area contributed by atoms with E-state index in [1.54, 1.807) is 12.1 Å². The zero-order valence-corrected chi connectivity index (χ0v) is 12.7. The molecule has 3 heteroatoms. The Bertz CT molecular complexity index is 632. The third-order valence-electron chi connectivity index (χ3n) is 3.35. The molecule has 0 aliphatic carbocycles. The van der Waals surface area contributed by atoms with Gasteiger partial charge in [-0.2, -0.15) is 0 Å². The Morgan fingerprint density at radius 1 is 0.952 bits per heavy atom. The molecule has 0 unspecified atom stereocenters. The van der Waals surface area contributed by atoms with Crippen LogP contribution < -0.4 is 9.47 Å². The molecule has 0 spiro atoms. The minimum atomic E-state index is 0.000628. The molecule has 0 aromatic heterocycles. The van der Waals surface area contributed by atoms with E-state index in [-0.39, 0.29) is 5.78 Å². The van der Waals surface area contributed by atoms with Crippen molar-refractivity contribution in [1.82, 2.24) is 0 Å². The van der Waals surface area contributed by atoms with E-state index >= 15 is 0 Å². The lowest BCUT2D eigenvalue weighted by atomic mass is 10.1. The normalized spacial score (nSPS) is 10.2. The summed E-state index contributed by atoms with van der Waals surface area (Å²) in [6.07, 6.45) is 0. The molecule has 0 saturated carbocycles. The fraction of sp³-hybridized carbons (Fsp3) is 0.278. The molecule has 0 radical (unpaired) electrons. The van der Waals surface area contributed by atoms with E-state index < -0.39 is 0 Å². The molecule has 0 aliphatic rings. The number of ketones is 1. The summed E-state index contributed by atoms with van der Waals surface area (Å²) in [5.74, 6) is 1.44. The van der Waals surface area contributed by atoms with E-state index in [0.717, 1.165) is 5.75 Å². The van der Waals surface area contributed by atoms with Gasteiger partial charge in [-0.1, -0.05) is 18.2 Å². The largest absolute Gasteiger partial charge is 0.490 e. The van der Waals surface area contributed by atoms with E-state index in [2.05, 4.69) is 13.8 Å². The van der Waals surface area contributed by atoms with Gasteiger partial charge in [0.25, 0.3) is 0 Å². The molecule has 0 fully saturated rings. The Hall–Kier alpha value is -2.29. The third kappa shape index (κ3) is 4.09. The highest BCUT2D eigenvalue weighted by molar-refractivity contribution is 5.96. The monoisotopic (exact) mass is 284 g/mol. The fourth-order valence-corrected chi connectivity index (χ4v) is 2.00. The number of hydrogen-bond acceptors (Lipinski definition) is 3. The summed E-state index contributed by atoms with van der Waals surface area (Å²) < 4.78 is 11.3. The van der Waals surface area contributed by atoms with Crippen LogP contribution >= 0.6 is 0 Å². The van der Waals surface area contributed by atoms with Crippen molar-refractivity contribution in [3.8, 4) is 11.5 Å². The topological polar surface area (TPSA) is 35.5 Å². The van der Waals surface area contributed by atoms with Crippen molar-refractivity contribution in [3.63, 3.8) is 0 Å². The summed E-state index contributed by atoms with van der Waals surface area (Å²) in [5, 5.41) is 0. The summed E-state index contributed by atoms with van der Waals surface area (Å²) in [6, 6.07) is 13.2. The molecule has 0 heterocycles. The zero-order valence-electron chi connectivity index (χ0n) is 12.7. The van der Waals surface area contributed by atoms with Crippen molar-refractivity contribution in [2.75, 3.05) is 13.2 Å². The van der Waals surface area contributed by atoms with Crippen LogP contribution in [0.15, 0.2) is 42.5 Å². The quantitative estimate of drug-likeness (QED) is 0.595. The van der Waals surface area contributed by atoms with Gasteiger partial charge < -0.3 is 9.47 Å². The van der Waals surface area contributed by atoms with E-state index in [4.69, 9.17) is 9.47 Å². The first kappa shape index (κ1) is 15.1. The molecule has 0 N–H and O–H groups in total. The Labute approximate surface area is 125 Å². The average molecular weight is 284 g/mol. The van der Waals surface area contributed by atoms with Crippen molar-refractivity contribution in [3.05, 3.63) is 59.2 Å². The Kier molecular flexibility index (Phi) is 4.99. The molecule has 0 amide bonds. The fourth-order valence-electron chi connectivity index (χ4n) is 2.00. The minimum Gasteiger partial charge on any atom is -0.490 e. The van der Waals surface area contributed by atoms with Gasteiger partial charge in [-0.05, 0) is 56.2 Å². The van der Waals surface area contributed by atoms with E-state index in [9.17, 15) is 4.79 Å². The van der Waals surface area contributed by atoms with Gasteiger partial charge >= 0.3 is 0 Å². The standard InChI is InChI=1S/C18H20O3/c1-13-8-9-16(12-14(13)2)20-10-11-21-18-7-5-4-6-17(18)15(3)19/h4-9,12H,10-11H2,1-3H3.